The van der Waals surface area contributed by atoms with Crippen molar-refractivity contribution in [1.29, 1.82) is 0 Å². The number of rotatable bonds is 6. The van der Waals surface area contributed by atoms with E-state index in [4.69, 9.17) is 10.1 Å². The highest BCUT2D eigenvalue weighted by Crippen LogP contribution is 2.28. The number of amides is 2. The second-order valence-corrected chi connectivity index (χ2v) is 8.45. The van der Waals surface area contributed by atoms with Crippen molar-refractivity contribution in [2.75, 3.05) is 13.1 Å². The molecular formula is C24H28FN5O2. The Kier molecular flexibility index (Phi) is 6.21. The van der Waals surface area contributed by atoms with Gasteiger partial charge in [0.25, 0.3) is 0 Å². The molecule has 2 amide bonds. The minimum atomic E-state index is -0.292. The Labute approximate surface area is 186 Å². The topological polar surface area (TPSA) is 79.6 Å². The molecule has 1 saturated heterocycles. The van der Waals surface area contributed by atoms with Gasteiger partial charge in [0.1, 0.15) is 5.82 Å². The number of halogens is 1. The molecule has 1 N–H and O–H groups in total. The third-order valence-corrected chi connectivity index (χ3v) is 6.24. The highest BCUT2D eigenvalue weighted by Gasteiger charge is 2.28. The molecule has 168 valence electrons. The molecule has 1 fully saturated rings. The molecule has 0 aliphatic carbocycles. The van der Waals surface area contributed by atoms with Crippen molar-refractivity contribution >= 4 is 17.5 Å². The van der Waals surface area contributed by atoms with E-state index < -0.39 is 0 Å². The average Bonchev–Trinajstić information content (AvgIpc) is 3.40. The van der Waals surface area contributed by atoms with Crippen LogP contribution in [0, 0.1) is 19.7 Å². The number of hydrogen-bond acceptors (Lipinski definition) is 4. The Morgan fingerprint density at radius 1 is 1.22 bits per heavy atom. The van der Waals surface area contributed by atoms with Crippen molar-refractivity contribution in [2.45, 2.75) is 52.5 Å². The van der Waals surface area contributed by atoms with Gasteiger partial charge in [0.15, 0.2) is 5.65 Å². The molecule has 32 heavy (non-hydrogen) atoms. The molecule has 3 heterocycles. The fourth-order valence-corrected chi connectivity index (χ4v) is 4.32. The fourth-order valence-electron chi connectivity index (χ4n) is 4.32. The van der Waals surface area contributed by atoms with Crippen molar-refractivity contribution in [1.82, 2.24) is 24.8 Å². The highest BCUT2D eigenvalue weighted by molar-refractivity contribution is 5.76. The van der Waals surface area contributed by atoms with Crippen LogP contribution < -0.4 is 5.32 Å². The Balaban J connectivity index is 1.43. The van der Waals surface area contributed by atoms with Crippen LogP contribution in [0.25, 0.3) is 5.65 Å². The van der Waals surface area contributed by atoms with Gasteiger partial charge in [0, 0.05) is 56.4 Å². The van der Waals surface area contributed by atoms with Crippen LogP contribution in [0.5, 0.6) is 0 Å². The summed E-state index contributed by atoms with van der Waals surface area (Å²) in [5.41, 5.74) is 5.49. The molecule has 1 aromatic carbocycles. The van der Waals surface area contributed by atoms with Gasteiger partial charge in [-0.2, -0.15) is 5.10 Å². The standard InChI is InChI=1S/C24H28FN5O2/c1-15-21(8-9-24(32)26-13-18-4-6-20(25)7-5-18)16(2)30-23(27-15)12-22(28-30)19-10-11-29(14-19)17(3)31/h4-7,12,19H,8-11,13-14H2,1-3H3,(H,26,32). The molecule has 1 aliphatic rings. The molecular weight excluding hydrogens is 409 g/mol. The third-order valence-electron chi connectivity index (χ3n) is 6.24. The van der Waals surface area contributed by atoms with Crippen molar-refractivity contribution in [2.24, 2.45) is 0 Å². The fraction of sp³-hybridized carbons (Fsp3) is 0.417. The van der Waals surface area contributed by atoms with Crippen LogP contribution >= 0.6 is 0 Å². The van der Waals surface area contributed by atoms with E-state index in [2.05, 4.69) is 5.32 Å². The van der Waals surface area contributed by atoms with E-state index in [-0.39, 0.29) is 23.5 Å². The molecule has 4 rings (SSSR count). The summed E-state index contributed by atoms with van der Waals surface area (Å²) in [4.78, 5) is 30.6. The predicted molar refractivity (Wildman–Crippen MR) is 119 cm³/mol. The first-order valence-electron chi connectivity index (χ1n) is 10.9. The molecule has 1 unspecified atom stereocenters. The van der Waals surface area contributed by atoms with Crippen molar-refractivity contribution in [3.63, 3.8) is 0 Å². The lowest BCUT2D eigenvalue weighted by Crippen LogP contribution is -2.25. The average molecular weight is 438 g/mol. The predicted octanol–water partition coefficient (Wildman–Crippen LogP) is 3.07. The zero-order chi connectivity index (χ0) is 22.8. The molecule has 8 heteroatoms. The molecule has 1 aliphatic heterocycles. The summed E-state index contributed by atoms with van der Waals surface area (Å²) in [6.07, 6.45) is 1.80. The number of nitrogens with zero attached hydrogens (tertiary/aromatic N) is 4. The minimum absolute atomic E-state index is 0.0651. The summed E-state index contributed by atoms with van der Waals surface area (Å²) in [6.45, 7) is 7.38. The highest BCUT2D eigenvalue weighted by atomic mass is 19.1. The van der Waals surface area contributed by atoms with Gasteiger partial charge in [-0.1, -0.05) is 12.1 Å². The van der Waals surface area contributed by atoms with Crippen molar-refractivity contribution < 1.29 is 14.0 Å². The van der Waals surface area contributed by atoms with Gasteiger partial charge in [-0.25, -0.2) is 13.9 Å². The van der Waals surface area contributed by atoms with Crippen LogP contribution in [0.2, 0.25) is 0 Å². The number of likely N-dealkylation sites (tertiary alicyclic amines) is 1. The number of nitrogens with one attached hydrogen (secondary N) is 1. The zero-order valence-electron chi connectivity index (χ0n) is 18.7. The van der Waals surface area contributed by atoms with Crippen molar-refractivity contribution in [3.05, 3.63) is 64.4 Å². The number of hydrogen-bond donors (Lipinski definition) is 1. The minimum Gasteiger partial charge on any atom is -0.352 e. The van der Waals surface area contributed by atoms with E-state index in [1.54, 1.807) is 19.1 Å². The Morgan fingerprint density at radius 2 is 1.97 bits per heavy atom. The summed E-state index contributed by atoms with van der Waals surface area (Å²) in [5.74, 6) is -0.0353. The molecule has 0 radical (unpaired) electrons. The van der Waals surface area contributed by atoms with E-state index in [9.17, 15) is 14.0 Å². The van der Waals surface area contributed by atoms with Crippen LogP contribution in [0.15, 0.2) is 30.3 Å². The second-order valence-electron chi connectivity index (χ2n) is 8.45. The summed E-state index contributed by atoms with van der Waals surface area (Å²) in [6, 6.07) is 8.11. The van der Waals surface area contributed by atoms with E-state index in [0.29, 0.717) is 25.9 Å². The monoisotopic (exact) mass is 437 g/mol. The van der Waals surface area contributed by atoms with Gasteiger partial charge in [0.05, 0.1) is 5.69 Å². The first-order valence-corrected chi connectivity index (χ1v) is 10.9. The Morgan fingerprint density at radius 3 is 2.66 bits per heavy atom. The number of benzene rings is 1. The summed E-state index contributed by atoms with van der Waals surface area (Å²) < 4.78 is 14.9. The van der Waals surface area contributed by atoms with Gasteiger partial charge >= 0.3 is 0 Å². The maximum absolute atomic E-state index is 13.0. The third kappa shape index (κ3) is 4.64. The molecule has 0 saturated carbocycles. The molecule has 7 nitrogen and oxygen atoms in total. The number of carbonyl (C=O) groups is 2. The molecule has 0 spiro atoms. The van der Waals surface area contributed by atoms with Crippen molar-refractivity contribution in [3.8, 4) is 0 Å². The lowest BCUT2D eigenvalue weighted by atomic mass is 10.1. The number of carbonyl (C=O) groups excluding carboxylic acids is 2. The van der Waals surface area contributed by atoms with Crippen LogP contribution in [0.1, 0.15) is 53.9 Å². The first kappa shape index (κ1) is 21.9. The zero-order valence-corrected chi connectivity index (χ0v) is 18.7. The first-order chi connectivity index (χ1) is 15.3. The second kappa shape index (κ2) is 9.06. The number of fused-ring (bicyclic) bond motifs is 1. The van der Waals surface area contributed by atoms with Gasteiger partial charge in [-0.05, 0) is 49.9 Å². The Hall–Kier alpha value is -3.29. The summed E-state index contributed by atoms with van der Waals surface area (Å²) in [5, 5.41) is 7.67. The SMILES string of the molecule is CC(=O)N1CCC(c2cc3nc(C)c(CCC(=O)NCc4ccc(F)cc4)c(C)n3n2)C1. The van der Waals surface area contributed by atoms with E-state index in [0.717, 1.165) is 46.8 Å². The van der Waals surface area contributed by atoms with Gasteiger partial charge in [0.2, 0.25) is 11.8 Å². The summed E-state index contributed by atoms with van der Waals surface area (Å²) in [7, 11) is 0. The molecule has 1 atom stereocenters. The molecule has 3 aromatic rings. The van der Waals surface area contributed by atoms with Gasteiger partial charge in [-0.15, -0.1) is 0 Å². The lowest BCUT2D eigenvalue weighted by Gasteiger charge is -2.12. The molecule has 2 aromatic heterocycles. The smallest absolute Gasteiger partial charge is 0.220 e. The van der Waals surface area contributed by atoms with Crippen LogP contribution in [-0.2, 0) is 22.6 Å². The normalized spacial score (nSPS) is 16.0. The van der Waals surface area contributed by atoms with Crippen LogP contribution in [-0.4, -0.2) is 44.4 Å². The number of aryl methyl sites for hydroxylation is 2. The summed E-state index contributed by atoms with van der Waals surface area (Å²) >= 11 is 0. The quantitative estimate of drug-likeness (QED) is 0.643. The van der Waals surface area contributed by atoms with E-state index in [1.807, 2.05) is 29.3 Å². The largest absolute Gasteiger partial charge is 0.352 e. The lowest BCUT2D eigenvalue weighted by molar-refractivity contribution is -0.127. The number of aromatic nitrogens is 3. The Bertz CT molecular complexity index is 1160. The van der Waals surface area contributed by atoms with E-state index in [1.165, 1.54) is 12.1 Å². The van der Waals surface area contributed by atoms with Crippen LogP contribution in [0.3, 0.4) is 0 Å². The maximum Gasteiger partial charge on any atom is 0.220 e. The molecule has 0 bridgehead atoms. The maximum atomic E-state index is 13.0. The van der Waals surface area contributed by atoms with Gasteiger partial charge < -0.3 is 10.2 Å². The van der Waals surface area contributed by atoms with Crippen LogP contribution in [0.4, 0.5) is 4.39 Å². The van der Waals surface area contributed by atoms with Gasteiger partial charge in [-0.3, -0.25) is 9.59 Å². The van der Waals surface area contributed by atoms with E-state index >= 15 is 0 Å².